The molecule has 2 heteroatoms. The lowest BCUT2D eigenvalue weighted by atomic mass is 9.98. The Labute approximate surface area is 148 Å². The SMILES string of the molecule is Cc1cc(-c2ccc3[nH]ccc3c2)c(C)nc1CCc1ccccc1. The summed E-state index contributed by atoms with van der Waals surface area (Å²) in [5.41, 5.74) is 8.56. The zero-order chi connectivity index (χ0) is 17.2. The molecule has 0 aliphatic rings. The van der Waals surface area contributed by atoms with Gasteiger partial charge >= 0.3 is 0 Å². The fraction of sp³-hybridized carbons (Fsp3) is 0.174. The monoisotopic (exact) mass is 326 g/mol. The van der Waals surface area contributed by atoms with Crippen molar-refractivity contribution in [2.45, 2.75) is 26.7 Å². The topological polar surface area (TPSA) is 28.7 Å². The Bertz CT molecular complexity index is 1010. The quantitative estimate of drug-likeness (QED) is 0.517. The summed E-state index contributed by atoms with van der Waals surface area (Å²) in [4.78, 5) is 8.17. The van der Waals surface area contributed by atoms with E-state index in [0.717, 1.165) is 18.5 Å². The van der Waals surface area contributed by atoms with Crippen LogP contribution in [-0.4, -0.2) is 9.97 Å². The van der Waals surface area contributed by atoms with Crippen molar-refractivity contribution in [3.63, 3.8) is 0 Å². The molecule has 0 aliphatic carbocycles. The predicted molar refractivity (Wildman–Crippen MR) is 105 cm³/mol. The minimum absolute atomic E-state index is 0.980. The first kappa shape index (κ1) is 15.6. The fourth-order valence-electron chi connectivity index (χ4n) is 3.43. The summed E-state index contributed by atoms with van der Waals surface area (Å²) in [5.74, 6) is 0. The molecule has 2 heterocycles. The number of nitrogens with one attached hydrogen (secondary N) is 1. The van der Waals surface area contributed by atoms with Gasteiger partial charge in [-0.25, -0.2) is 0 Å². The molecule has 0 radical (unpaired) electrons. The van der Waals surface area contributed by atoms with Crippen LogP contribution in [0.25, 0.3) is 22.0 Å². The van der Waals surface area contributed by atoms with Crippen molar-refractivity contribution in [3.05, 3.63) is 89.4 Å². The number of nitrogens with zero attached hydrogens (tertiary/aromatic N) is 1. The van der Waals surface area contributed by atoms with Crippen molar-refractivity contribution in [1.82, 2.24) is 9.97 Å². The molecule has 4 aromatic rings. The Morgan fingerprint density at radius 3 is 2.56 bits per heavy atom. The van der Waals surface area contributed by atoms with E-state index in [2.05, 4.69) is 79.5 Å². The molecular weight excluding hydrogens is 304 g/mol. The van der Waals surface area contributed by atoms with Crippen LogP contribution in [0.3, 0.4) is 0 Å². The molecule has 0 amide bonds. The van der Waals surface area contributed by atoms with Crippen molar-refractivity contribution >= 4 is 10.9 Å². The van der Waals surface area contributed by atoms with Crippen LogP contribution in [0.15, 0.2) is 66.9 Å². The number of benzene rings is 2. The summed E-state index contributed by atoms with van der Waals surface area (Å²) in [7, 11) is 0. The van der Waals surface area contributed by atoms with Crippen LogP contribution in [0.5, 0.6) is 0 Å². The second-order valence-corrected chi connectivity index (χ2v) is 6.65. The highest BCUT2D eigenvalue weighted by Crippen LogP contribution is 2.28. The van der Waals surface area contributed by atoms with Crippen molar-refractivity contribution < 1.29 is 0 Å². The van der Waals surface area contributed by atoms with Gasteiger partial charge in [0, 0.05) is 28.7 Å². The van der Waals surface area contributed by atoms with Crippen molar-refractivity contribution in [3.8, 4) is 11.1 Å². The lowest BCUT2D eigenvalue weighted by Crippen LogP contribution is -2.01. The number of pyridine rings is 1. The summed E-state index contributed by atoms with van der Waals surface area (Å²) in [5, 5.41) is 1.24. The molecule has 0 aliphatic heterocycles. The van der Waals surface area contributed by atoms with Gasteiger partial charge in [0.05, 0.1) is 0 Å². The number of H-pyrrole nitrogens is 1. The van der Waals surface area contributed by atoms with Gasteiger partial charge < -0.3 is 4.98 Å². The van der Waals surface area contributed by atoms with Crippen LogP contribution in [0.2, 0.25) is 0 Å². The number of aromatic amines is 1. The van der Waals surface area contributed by atoms with Crippen molar-refractivity contribution in [1.29, 1.82) is 0 Å². The summed E-state index contributed by atoms with van der Waals surface area (Å²) < 4.78 is 0. The number of aromatic nitrogens is 2. The van der Waals surface area contributed by atoms with E-state index in [-0.39, 0.29) is 0 Å². The van der Waals surface area contributed by atoms with E-state index in [0.29, 0.717) is 0 Å². The minimum atomic E-state index is 0.980. The van der Waals surface area contributed by atoms with Crippen molar-refractivity contribution in [2.75, 3.05) is 0 Å². The third-order valence-electron chi connectivity index (χ3n) is 4.87. The molecule has 2 aromatic carbocycles. The molecule has 0 saturated heterocycles. The van der Waals surface area contributed by atoms with Gasteiger partial charge in [-0.1, -0.05) is 36.4 Å². The minimum Gasteiger partial charge on any atom is -0.361 e. The number of hydrogen-bond acceptors (Lipinski definition) is 1. The second-order valence-electron chi connectivity index (χ2n) is 6.65. The lowest BCUT2D eigenvalue weighted by Gasteiger charge is -2.12. The molecule has 0 atom stereocenters. The van der Waals surface area contributed by atoms with Gasteiger partial charge in [-0.3, -0.25) is 4.98 Å². The first-order valence-corrected chi connectivity index (χ1v) is 8.79. The van der Waals surface area contributed by atoms with Gasteiger partial charge in [0.1, 0.15) is 0 Å². The Balaban J connectivity index is 1.63. The molecule has 0 spiro atoms. The third-order valence-corrected chi connectivity index (χ3v) is 4.87. The molecule has 2 aromatic heterocycles. The Hall–Kier alpha value is -2.87. The average Bonchev–Trinajstić information content (AvgIpc) is 3.10. The molecule has 1 N–H and O–H groups in total. The van der Waals surface area contributed by atoms with Gasteiger partial charge in [-0.15, -0.1) is 0 Å². The zero-order valence-corrected chi connectivity index (χ0v) is 14.7. The number of fused-ring (bicyclic) bond motifs is 1. The maximum absolute atomic E-state index is 4.92. The molecule has 0 fully saturated rings. The zero-order valence-electron chi connectivity index (χ0n) is 14.7. The number of aryl methyl sites for hydroxylation is 4. The second kappa shape index (κ2) is 6.56. The summed E-state index contributed by atoms with van der Waals surface area (Å²) >= 11 is 0. The first-order chi connectivity index (χ1) is 12.2. The van der Waals surface area contributed by atoms with E-state index in [9.17, 15) is 0 Å². The maximum atomic E-state index is 4.92. The highest BCUT2D eigenvalue weighted by molar-refractivity contribution is 5.85. The lowest BCUT2D eigenvalue weighted by molar-refractivity contribution is 0.890. The summed E-state index contributed by atoms with van der Waals surface area (Å²) in [6, 6.07) is 21.6. The van der Waals surface area contributed by atoms with E-state index in [1.54, 1.807) is 0 Å². The van der Waals surface area contributed by atoms with Gasteiger partial charge in [-0.2, -0.15) is 0 Å². The Morgan fingerprint density at radius 1 is 0.880 bits per heavy atom. The molecule has 124 valence electrons. The largest absolute Gasteiger partial charge is 0.361 e. The first-order valence-electron chi connectivity index (χ1n) is 8.79. The van der Waals surface area contributed by atoms with Crippen LogP contribution in [0.1, 0.15) is 22.5 Å². The normalized spacial score (nSPS) is 11.1. The average molecular weight is 326 g/mol. The Morgan fingerprint density at radius 2 is 1.72 bits per heavy atom. The third kappa shape index (κ3) is 3.20. The van der Waals surface area contributed by atoms with E-state index in [1.807, 2.05) is 6.20 Å². The molecule has 25 heavy (non-hydrogen) atoms. The van der Waals surface area contributed by atoms with Gasteiger partial charge in [0.15, 0.2) is 0 Å². The number of hydrogen-bond donors (Lipinski definition) is 1. The highest BCUT2D eigenvalue weighted by atomic mass is 14.7. The molecule has 2 nitrogen and oxygen atoms in total. The van der Waals surface area contributed by atoms with Crippen molar-refractivity contribution in [2.24, 2.45) is 0 Å². The predicted octanol–water partition coefficient (Wildman–Crippen LogP) is 5.63. The van der Waals surface area contributed by atoms with Crippen LogP contribution in [0, 0.1) is 13.8 Å². The molecule has 4 rings (SSSR count). The van der Waals surface area contributed by atoms with Crippen LogP contribution >= 0.6 is 0 Å². The van der Waals surface area contributed by atoms with E-state index in [4.69, 9.17) is 4.98 Å². The van der Waals surface area contributed by atoms with Gasteiger partial charge in [-0.05, 0) is 73.0 Å². The van der Waals surface area contributed by atoms with Crippen LogP contribution in [0.4, 0.5) is 0 Å². The standard InChI is InChI=1S/C23H22N2/c1-16-14-21(19-9-11-23-20(15-19)12-13-24-23)17(2)25-22(16)10-8-18-6-4-3-5-7-18/h3-7,9,11-15,24H,8,10H2,1-2H3. The fourth-order valence-corrected chi connectivity index (χ4v) is 3.43. The summed E-state index contributed by atoms with van der Waals surface area (Å²) in [6.07, 6.45) is 3.99. The van der Waals surface area contributed by atoms with Gasteiger partial charge in [0.2, 0.25) is 0 Å². The molecular formula is C23H22N2. The molecule has 0 saturated carbocycles. The van der Waals surface area contributed by atoms with E-state index < -0.39 is 0 Å². The van der Waals surface area contributed by atoms with E-state index in [1.165, 1.54) is 38.9 Å². The van der Waals surface area contributed by atoms with Crippen LogP contribution in [-0.2, 0) is 12.8 Å². The number of rotatable bonds is 4. The van der Waals surface area contributed by atoms with Crippen LogP contribution < -0.4 is 0 Å². The molecule has 0 bridgehead atoms. The Kier molecular flexibility index (Phi) is 4.10. The highest BCUT2D eigenvalue weighted by Gasteiger charge is 2.09. The smallest absolute Gasteiger partial charge is 0.0454 e. The van der Waals surface area contributed by atoms with E-state index >= 15 is 0 Å². The maximum Gasteiger partial charge on any atom is 0.0454 e. The van der Waals surface area contributed by atoms with Gasteiger partial charge in [0.25, 0.3) is 0 Å². The molecule has 0 unspecified atom stereocenters. The summed E-state index contributed by atoms with van der Waals surface area (Å²) in [6.45, 7) is 4.28.